The average molecular weight is 347 g/mol. The number of carbonyl (C=O) groups is 2. The van der Waals surface area contributed by atoms with Gasteiger partial charge in [-0.15, -0.1) is 0 Å². The molecule has 0 fully saturated rings. The van der Waals surface area contributed by atoms with Gasteiger partial charge in [0.2, 0.25) is 0 Å². The molecule has 24 heavy (non-hydrogen) atoms. The quantitative estimate of drug-likeness (QED) is 0.661. The number of anilines is 2. The van der Waals surface area contributed by atoms with Crippen molar-refractivity contribution in [2.24, 2.45) is 0 Å². The zero-order valence-electron chi connectivity index (χ0n) is 12.5. The van der Waals surface area contributed by atoms with Crippen LogP contribution in [-0.4, -0.2) is 16.9 Å². The fourth-order valence-corrected chi connectivity index (χ4v) is 2.53. The first-order chi connectivity index (χ1) is 11.4. The smallest absolute Gasteiger partial charge is 0.283 e. The maximum Gasteiger partial charge on any atom is 0.283 e. The number of amides is 2. The second kappa shape index (κ2) is 5.98. The molecule has 0 bridgehead atoms. The van der Waals surface area contributed by atoms with E-state index in [4.69, 9.17) is 11.6 Å². The minimum absolute atomic E-state index is 0.0851. The molecule has 2 amide bonds. The Hall–Kier alpha value is -2.86. The van der Waals surface area contributed by atoms with Gasteiger partial charge >= 0.3 is 0 Å². The SMILES string of the molecule is Cc1ccc(O)c(NC2=C(Cl)C(=O)N(c3ccc(F)cc3)C2=O)c1. The zero-order chi connectivity index (χ0) is 17.4. The second-order valence-corrected chi connectivity index (χ2v) is 5.63. The Labute approximate surface area is 142 Å². The summed E-state index contributed by atoms with van der Waals surface area (Å²) in [7, 11) is 0. The average Bonchev–Trinajstić information content (AvgIpc) is 2.76. The summed E-state index contributed by atoms with van der Waals surface area (Å²) in [5, 5.41) is 12.3. The van der Waals surface area contributed by atoms with Gasteiger partial charge in [-0.1, -0.05) is 17.7 Å². The molecule has 0 radical (unpaired) electrons. The molecule has 3 rings (SSSR count). The molecule has 1 aliphatic heterocycles. The van der Waals surface area contributed by atoms with Crippen LogP contribution in [0.3, 0.4) is 0 Å². The topological polar surface area (TPSA) is 69.6 Å². The molecule has 2 aromatic rings. The van der Waals surface area contributed by atoms with E-state index in [9.17, 15) is 19.1 Å². The number of carbonyl (C=O) groups excluding carboxylic acids is 2. The molecule has 0 saturated heterocycles. The number of rotatable bonds is 3. The van der Waals surface area contributed by atoms with Crippen molar-refractivity contribution in [3.63, 3.8) is 0 Å². The number of phenols is 1. The third-order valence-corrected chi connectivity index (χ3v) is 3.87. The zero-order valence-corrected chi connectivity index (χ0v) is 13.3. The number of aromatic hydroxyl groups is 1. The highest BCUT2D eigenvalue weighted by atomic mass is 35.5. The standard InChI is InChI=1S/C17H12ClFN2O3/c1-9-2-7-13(22)12(8-9)20-15-14(18)16(23)21(17(15)24)11-5-3-10(19)4-6-11/h2-8,20,22H,1H3. The van der Waals surface area contributed by atoms with E-state index in [2.05, 4.69) is 5.32 Å². The summed E-state index contributed by atoms with van der Waals surface area (Å²) >= 11 is 5.99. The van der Waals surface area contributed by atoms with Crippen molar-refractivity contribution in [3.8, 4) is 5.75 Å². The minimum atomic E-state index is -0.720. The second-order valence-electron chi connectivity index (χ2n) is 5.26. The summed E-state index contributed by atoms with van der Waals surface area (Å²) in [6.07, 6.45) is 0. The highest BCUT2D eigenvalue weighted by Crippen LogP contribution is 2.32. The number of benzene rings is 2. The summed E-state index contributed by atoms with van der Waals surface area (Å²) in [5.41, 5.74) is 1.16. The van der Waals surface area contributed by atoms with Gasteiger partial charge in [-0.3, -0.25) is 9.59 Å². The molecule has 2 N–H and O–H groups in total. The lowest BCUT2D eigenvalue weighted by Crippen LogP contribution is -2.32. The molecular weight excluding hydrogens is 335 g/mol. The fraction of sp³-hybridized carbons (Fsp3) is 0.0588. The van der Waals surface area contributed by atoms with E-state index in [-0.39, 0.29) is 27.9 Å². The monoisotopic (exact) mass is 346 g/mol. The van der Waals surface area contributed by atoms with Gasteiger partial charge in [-0.05, 0) is 48.9 Å². The molecule has 0 aliphatic carbocycles. The van der Waals surface area contributed by atoms with Crippen LogP contribution in [0.1, 0.15) is 5.56 Å². The van der Waals surface area contributed by atoms with Crippen molar-refractivity contribution in [2.45, 2.75) is 6.92 Å². The van der Waals surface area contributed by atoms with Gasteiger partial charge in [-0.2, -0.15) is 0 Å². The lowest BCUT2D eigenvalue weighted by Gasteiger charge is -2.15. The van der Waals surface area contributed by atoms with E-state index in [0.29, 0.717) is 0 Å². The van der Waals surface area contributed by atoms with Gasteiger partial charge in [0, 0.05) is 0 Å². The number of nitrogens with one attached hydrogen (secondary N) is 1. The summed E-state index contributed by atoms with van der Waals surface area (Å²) in [6.45, 7) is 1.81. The van der Waals surface area contributed by atoms with Crippen LogP contribution in [0.2, 0.25) is 0 Å². The van der Waals surface area contributed by atoms with Crippen molar-refractivity contribution in [1.29, 1.82) is 0 Å². The van der Waals surface area contributed by atoms with Crippen molar-refractivity contribution in [3.05, 3.63) is 64.6 Å². The maximum absolute atomic E-state index is 13.0. The number of halogens is 2. The highest BCUT2D eigenvalue weighted by Gasteiger charge is 2.39. The molecule has 0 unspecified atom stereocenters. The Morgan fingerprint density at radius 2 is 1.75 bits per heavy atom. The van der Waals surface area contributed by atoms with E-state index < -0.39 is 17.6 Å². The highest BCUT2D eigenvalue weighted by molar-refractivity contribution is 6.53. The maximum atomic E-state index is 13.0. The number of nitrogens with zero attached hydrogens (tertiary/aromatic N) is 1. The van der Waals surface area contributed by atoms with Crippen LogP contribution in [0, 0.1) is 12.7 Å². The van der Waals surface area contributed by atoms with Crippen LogP contribution in [0.25, 0.3) is 0 Å². The first-order valence-corrected chi connectivity index (χ1v) is 7.37. The first-order valence-electron chi connectivity index (χ1n) is 6.99. The predicted molar refractivity (Wildman–Crippen MR) is 88.2 cm³/mol. The number of phenolic OH excluding ortho intramolecular Hbond substituents is 1. The Morgan fingerprint density at radius 1 is 1.08 bits per heavy atom. The fourth-order valence-electron chi connectivity index (χ4n) is 2.32. The van der Waals surface area contributed by atoms with Crippen LogP contribution in [0.4, 0.5) is 15.8 Å². The van der Waals surface area contributed by atoms with Crippen molar-refractivity contribution < 1.29 is 19.1 Å². The number of imide groups is 1. The summed E-state index contributed by atoms with van der Waals surface area (Å²) in [5.74, 6) is -1.97. The van der Waals surface area contributed by atoms with E-state index in [1.807, 2.05) is 6.92 Å². The van der Waals surface area contributed by atoms with Crippen LogP contribution >= 0.6 is 11.6 Å². The van der Waals surface area contributed by atoms with Crippen molar-refractivity contribution >= 4 is 34.8 Å². The third-order valence-electron chi connectivity index (χ3n) is 3.52. The number of aryl methyl sites for hydroxylation is 1. The lowest BCUT2D eigenvalue weighted by atomic mass is 10.2. The summed E-state index contributed by atoms with van der Waals surface area (Å²) < 4.78 is 13.0. The first kappa shape index (κ1) is 16.0. The molecule has 0 saturated carbocycles. The van der Waals surface area contributed by atoms with Crippen molar-refractivity contribution in [1.82, 2.24) is 0 Å². The molecule has 0 spiro atoms. The molecule has 122 valence electrons. The van der Waals surface area contributed by atoms with Gasteiger partial charge < -0.3 is 10.4 Å². The number of hydrogen-bond donors (Lipinski definition) is 2. The lowest BCUT2D eigenvalue weighted by molar-refractivity contribution is -0.120. The third kappa shape index (κ3) is 2.72. The van der Waals surface area contributed by atoms with E-state index in [1.165, 1.54) is 18.2 Å². The van der Waals surface area contributed by atoms with Gasteiger partial charge in [0.15, 0.2) is 0 Å². The Bertz CT molecular complexity index is 878. The Kier molecular flexibility index (Phi) is 3.99. The van der Waals surface area contributed by atoms with Crippen LogP contribution in [-0.2, 0) is 9.59 Å². The Balaban J connectivity index is 1.94. The van der Waals surface area contributed by atoms with E-state index in [1.54, 1.807) is 12.1 Å². The molecule has 7 heteroatoms. The van der Waals surface area contributed by atoms with Gasteiger partial charge in [0.1, 0.15) is 22.3 Å². The summed E-state index contributed by atoms with van der Waals surface area (Å²) in [4.78, 5) is 25.7. The molecule has 0 atom stereocenters. The van der Waals surface area contributed by atoms with Gasteiger partial charge in [0.25, 0.3) is 11.8 Å². The van der Waals surface area contributed by atoms with Crippen molar-refractivity contribution in [2.75, 3.05) is 10.2 Å². The predicted octanol–water partition coefficient (Wildman–Crippen LogP) is 3.28. The summed E-state index contributed by atoms with van der Waals surface area (Å²) in [6, 6.07) is 9.67. The normalized spacial score (nSPS) is 14.5. The largest absolute Gasteiger partial charge is 0.506 e. The Morgan fingerprint density at radius 3 is 2.42 bits per heavy atom. The molecule has 5 nitrogen and oxygen atoms in total. The van der Waals surface area contributed by atoms with Gasteiger partial charge in [0.05, 0.1) is 11.4 Å². The van der Waals surface area contributed by atoms with Gasteiger partial charge in [-0.25, -0.2) is 9.29 Å². The van der Waals surface area contributed by atoms with Crippen LogP contribution < -0.4 is 10.2 Å². The molecule has 1 aliphatic rings. The van der Waals surface area contributed by atoms with E-state index >= 15 is 0 Å². The van der Waals surface area contributed by atoms with E-state index in [0.717, 1.165) is 22.6 Å². The molecular formula is C17H12ClFN2O3. The molecule has 2 aromatic carbocycles. The van der Waals surface area contributed by atoms with Crippen LogP contribution in [0.15, 0.2) is 53.2 Å². The minimum Gasteiger partial charge on any atom is -0.506 e. The molecule has 1 heterocycles. The number of hydrogen-bond acceptors (Lipinski definition) is 4. The van der Waals surface area contributed by atoms with Crippen LogP contribution in [0.5, 0.6) is 5.75 Å². The molecule has 0 aromatic heterocycles.